The van der Waals surface area contributed by atoms with Crippen molar-refractivity contribution < 1.29 is 18.9 Å². The van der Waals surface area contributed by atoms with Crippen LogP contribution < -0.4 is 24.3 Å². The molecule has 0 unspecified atom stereocenters. The monoisotopic (exact) mass is 497 g/mol. The zero-order valence-corrected chi connectivity index (χ0v) is 19.6. The first-order chi connectivity index (χ1) is 14.2. The van der Waals surface area contributed by atoms with Crippen molar-refractivity contribution in [3.63, 3.8) is 0 Å². The molecule has 2 aromatic carbocycles. The summed E-state index contributed by atoms with van der Waals surface area (Å²) in [5.41, 5.74) is 2.21. The van der Waals surface area contributed by atoms with Crippen LogP contribution in [0.2, 0.25) is 0 Å². The Labute approximate surface area is 193 Å². The molecule has 0 atom stereocenters. The van der Waals surface area contributed by atoms with E-state index in [-0.39, 0.29) is 12.4 Å². The summed E-state index contributed by atoms with van der Waals surface area (Å²) in [6.45, 7) is 2.43. The van der Waals surface area contributed by atoms with Crippen LogP contribution in [0, 0.1) is 0 Å². The van der Waals surface area contributed by atoms with Gasteiger partial charge in [-0.15, -0.1) is 12.4 Å². The van der Waals surface area contributed by atoms with E-state index in [9.17, 15) is 0 Å². The van der Waals surface area contributed by atoms with Gasteiger partial charge in [-0.05, 0) is 64.2 Å². The molecule has 2 aliphatic rings. The number of hydrogen-bond donors (Lipinski definition) is 1. The second kappa shape index (κ2) is 11.1. The van der Waals surface area contributed by atoms with Crippen molar-refractivity contribution in [3.05, 3.63) is 45.9 Å². The fourth-order valence-electron chi connectivity index (χ4n) is 3.92. The normalized spacial score (nSPS) is 15.9. The van der Waals surface area contributed by atoms with Crippen LogP contribution in [-0.4, -0.2) is 26.4 Å². The number of benzene rings is 2. The van der Waals surface area contributed by atoms with Gasteiger partial charge in [-0.1, -0.05) is 25.3 Å². The maximum absolute atomic E-state index is 6.10. The topological polar surface area (TPSA) is 49.0 Å². The molecule has 1 fully saturated rings. The number of rotatable bonds is 7. The van der Waals surface area contributed by atoms with Crippen LogP contribution in [0.25, 0.3) is 0 Å². The molecule has 30 heavy (non-hydrogen) atoms. The number of ether oxygens (including phenoxy) is 4. The lowest BCUT2D eigenvalue weighted by Gasteiger charge is -2.23. The zero-order valence-electron chi connectivity index (χ0n) is 17.2. The number of fused-ring (bicyclic) bond motifs is 1. The lowest BCUT2D eigenvalue weighted by molar-refractivity contribution is 0.171. The molecule has 0 bridgehead atoms. The van der Waals surface area contributed by atoms with Gasteiger partial charge in [0.05, 0.1) is 11.6 Å². The highest BCUT2D eigenvalue weighted by atomic mass is 79.9. The molecule has 0 saturated heterocycles. The third-order valence-corrected chi connectivity index (χ3v) is 6.07. The summed E-state index contributed by atoms with van der Waals surface area (Å²) >= 11 is 3.66. The van der Waals surface area contributed by atoms with Gasteiger partial charge in [-0.3, -0.25) is 0 Å². The van der Waals surface area contributed by atoms with Crippen LogP contribution in [0.3, 0.4) is 0 Å². The van der Waals surface area contributed by atoms with Gasteiger partial charge in [0.2, 0.25) is 0 Å². The van der Waals surface area contributed by atoms with Gasteiger partial charge in [0.1, 0.15) is 19.8 Å². The summed E-state index contributed by atoms with van der Waals surface area (Å²) in [7, 11) is 1.68. The van der Waals surface area contributed by atoms with Crippen molar-refractivity contribution in [2.75, 3.05) is 20.3 Å². The molecular formula is C23H29BrClNO4. The van der Waals surface area contributed by atoms with E-state index < -0.39 is 0 Å². The summed E-state index contributed by atoms with van der Waals surface area (Å²) in [5.74, 6) is 3.00. The molecule has 2 aromatic rings. The van der Waals surface area contributed by atoms with Crippen molar-refractivity contribution >= 4 is 28.3 Å². The minimum Gasteiger partial charge on any atom is -0.493 e. The van der Waals surface area contributed by atoms with E-state index in [1.807, 2.05) is 18.2 Å². The largest absolute Gasteiger partial charge is 0.493 e. The smallest absolute Gasteiger partial charge is 0.175 e. The molecule has 1 aliphatic carbocycles. The van der Waals surface area contributed by atoms with Crippen LogP contribution in [-0.2, 0) is 13.2 Å². The Morgan fingerprint density at radius 3 is 2.53 bits per heavy atom. The molecule has 1 N–H and O–H groups in total. The van der Waals surface area contributed by atoms with Crippen LogP contribution in [0.1, 0.15) is 43.2 Å². The van der Waals surface area contributed by atoms with Gasteiger partial charge in [0, 0.05) is 12.6 Å². The van der Waals surface area contributed by atoms with Gasteiger partial charge in [0.25, 0.3) is 0 Å². The minimum absolute atomic E-state index is 0. The van der Waals surface area contributed by atoms with E-state index in [0.29, 0.717) is 31.6 Å². The summed E-state index contributed by atoms with van der Waals surface area (Å²) in [6.07, 6.45) is 6.58. The number of hydrogen-bond acceptors (Lipinski definition) is 5. The average molecular weight is 499 g/mol. The summed E-state index contributed by atoms with van der Waals surface area (Å²) in [5, 5.41) is 3.68. The van der Waals surface area contributed by atoms with Crippen LogP contribution >= 0.6 is 28.3 Å². The van der Waals surface area contributed by atoms with Gasteiger partial charge in [0.15, 0.2) is 23.0 Å². The molecule has 0 aromatic heterocycles. The molecular weight excluding hydrogens is 470 g/mol. The third kappa shape index (κ3) is 5.74. The van der Waals surface area contributed by atoms with E-state index >= 15 is 0 Å². The molecule has 0 amide bonds. The first kappa shape index (κ1) is 23.0. The quantitative estimate of drug-likeness (QED) is 0.534. The number of nitrogens with one attached hydrogen (secondary N) is 1. The van der Waals surface area contributed by atoms with Crippen LogP contribution in [0.4, 0.5) is 0 Å². The van der Waals surface area contributed by atoms with E-state index in [1.54, 1.807) is 7.11 Å². The Morgan fingerprint density at radius 1 is 1.00 bits per heavy atom. The lowest BCUT2D eigenvalue weighted by Crippen LogP contribution is -2.30. The van der Waals surface area contributed by atoms with Crippen molar-refractivity contribution in [1.82, 2.24) is 5.32 Å². The maximum Gasteiger partial charge on any atom is 0.175 e. The van der Waals surface area contributed by atoms with E-state index in [4.69, 9.17) is 18.9 Å². The minimum atomic E-state index is 0. The van der Waals surface area contributed by atoms with Crippen LogP contribution in [0.5, 0.6) is 23.0 Å². The zero-order chi connectivity index (χ0) is 20.1. The molecule has 1 aliphatic heterocycles. The molecule has 7 heteroatoms. The second-order valence-electron chi connectivity index (χ2n) is 7.59. The molecule has 164 valence electrons. The molecule has 0 radical (unpaired) electrons. The van der Waals surface area contributed by atoms with Gasteiger partial charge < -0.3 is 24.3 Å². The van der Waals surface area contributed by atoms with Crippen LogP contribution in [0.15, 0.2) is 34.8 Å². The van der Waals surface area contributed by atoms with E-state index in [0.717, 1.165) is 33.8 Å². The van der Waals surface area contributed by atoms with Gasteiger partial charge in [-0.25, -0.2) is 0 Å². The average Bonchev–Trinajstić information content (AvgIpc) is 2.77. The predicted molar refractivity (Wildman–Crippen MR) is 123 cm³/mol. The molecule has 5 nitrogen and oxygen atoms in total. The summed E-state index contributed by atoms with van der Waals surface area (Å²) in [6, 6.07) is 10.7. The first-order valence-corrected chi connectivity index (χ1v) is 11.1. The molecule has 4 rings (SSSR count). The fraction of sp³-hybridized carbons (Fsp3) is 0.478. The van der Waals surface area contributed by atoms with Gasteiger partial charge >= 0.3 is 0 Å². The molecule has 1 heterocycles. The Bertz CT molecular complexity index is 842. The summed E-state index contributed by atoms with van der Waals surface area (Å²) < 4.78 is 23.8. The van der Waals surface area contributed by atoms with Crippen molar-refractivity contribution in [1.29, 1.82) is 0 Å². The highest BCUT2D eigenvalue weighted by Gasteiger charge is 2.16. The Hall–Kier alpha value is -1.63. The van der Waals surface area contributed by atoms with Gasteiger partial charge in [-0.2, -0.15) is 0 Å². The number of methoxy groups -OCH3 is 1. The Morgan fingerprint density at radius 2 is 1.77 bits per heavy atom. The highest BCUT2D eigenvalue weighted by molar-refractivity contribution is 9.10. The second-order valence-corrected chi connectivity index (χ2v) is 8.45. The first-order valence-electron chi connectivity index (χ1n) is 10.3. The molecule has 0 spiro atoms. The standard InChI is InChI=1S/C23H28BrNO4.ClH/c1-26-22-13-17(14-25-18-5-3-2-4-6-18)11-19(24)23(22)29-15-16-7-8-20-21(12-16)28-10-9-27-20;/h7-8,11-13,18,25H,2-6,9-10,14-15H2,1H3;1H. The number of halogens is 2. The Balaban J connectivity index is 0.00000256. The third-order valence-electron chi connectivity index (χ3n) is 5.48. The highest BCUT2D eigenvalue weighted by Crippen LogP contribution is 2.38. The predicted octanol–water partition coefficient (Wildman–Crippen LogP) is 5.65. The van der Waals surface area contributed by atoms with E-state index in [2.05, 4.69) is 33.4 Å². The van der Waals surface area contributed by atoms with Crippen molar-refractivity contribution in [2.24, 2.45) is 0 Å². The molecule has 1 saturated carbocycles. The van der Waals surface area contributed by atoms with Crippen molar-refractivity contribution in [3.8, 4) is 23.0 Å². The lowest BCUT2D eigenvalue weighted by atomic mass is 9.95. The Kier molecular flexibility index (Phi) is 8.54. The summed E-state index contributed by atoms with van der Waals surface area (Å²) in [4.78, 5) is 0. The van der Waals surface area contributed by atoms with Crippen molar-refractivity contribution in [2.45, 2.75) is 51.3 Å². The van der Waals surface area contributed by atoms with E-state index in [1.165, 1.54) is 37.7 Å². The fourth-order valence-corrected chi connectivity index (χ4v) is 4.52. The SMILES string of the molecule is COc1cc(CNC2CCCCC2)cc(Br)c1OCc1ccc2c(c1)OCCO2.Cl. The maximum atomic E-state index is 6.10.